The number of benzene rings is 1. The summed E-state index contributed by atoms with van der Waals surface area (Å²) in [6.07, 6.45) is 7.26. The van der Waals surface area contributed by atoms with E-state index in [1.807, 2.05) is 19.2 Å². The second-order valence-corrected chi connectivity index (χ2v) is 5.10. The van der Waals surface area contributed by atoms with E-state index in [1.165, 1.54) is 18.4 Å². The summed E-state index contributed by atoms with van der Waals surface area (Å²) < 4.78 is 11.1. The molecule has 1 saturated carbocycles. The highest BCUT2D eigenvalue weighted by Gasteiger charge is 2.22. The topological polar surface area (TPSA) is 42.9 Å². The van der Waals surface area contributed by atoms with Crippen molar-refractivity contribution < 1.29 is 9.47 Å². The maximum Gasteiger partial charge on any atom is 0.161 e. The molecular weight excluding hydrogens is 252 g/mol. The first-order valence-corrected chi connectivity index (χ1v) is 7.13. The van der Waals surface area contributed by atoms with Gasteiger partial charge in [-0.25, -0.2) is 0 Å². The van der Waals surface area contributed by atoms with Crippen LogP contribution in [-0.2, 0) is 6.42 Å². The summed E-state index contributed by atoms with van der Waals surface area (Å²) in [7, 11) is 1.67. The largest absolute Gasteiger partial charge is 0.493 e. The summed E-state index contributed by atoms with van der Waals surface area (Å²) in [4.78, 5) is 4.70. The Labute approximate surface area is 119 Å². The lowest BCUT2D eigenvalue weighted by Gasteiger charge is -2.13. The van der Waals surface area contributed by atoms with Crippen LogP contribution in [0.4, 0.5) is 0 Å². The Balaban J connectivity index is 1.94. The van der Waals surface area contributed by atoms with Crippen molar-refractivity contribution in [2.24, 2.45) is 4.99 Å². The third-order valence-electron chi connectivity index (χ3n) is 3.48. The van der Waals surface area contributed by atoms with Crippen LogP contribution < -0.4 is 14.8 Å². The van der Waals surface area contributed by atoms with Gasteiger partial charge in [0, 0.05) is 12.6 Å². The predicted molar refractivity (Wildman–Crippen MR) is 80.5 cm³/mol. The van der Waals surface area contributed by atoms with Gasteiger partial charge in [0.2, 0.25) is 0 Å². The van der Waals surface area contributed by atoms with E-state index in [0.29, 0.717) is 12.6 Å². The monoisotopic (exact) mass is 272 g/mol. The number of methoxy groups -OCH3 is 1. The average Bonchev–Trinajstić information content (AvgIpc) is 3.26. The molecule has 0 atom stereocenters. The minimum atomic E-state index is 0.525. The third kappa shape index (κ3) is 2.79. The van der Waals surface area contributed by atoms with Crippen molar-refractivity contribution >= 4 is 11.9 Å². The van der Waals surface area contributed by atoms with Crippen LogP contribution in [0.5, 0.6) is 11.5 Å². The molecule has 1 heterocycles. The number of hydrogen-bond donors (Lipinski definition) is 1. The highest BCUT2D eigenvalue weighted by atomic mass is 16.5. The number of rotatable bonds is 4. The average molecular weight is 272 g/mol. The highest BCUT2D eigenvalue weighted by Crippen LogP contribution is 2.33. The molecule has 1 aliphatic heterocycles. The number of amidine groups is 1. The van der Waals surface area contributed by atoms with Gasteiger partial charge in [-0.2, -0.15) is 0 Å². The standard InChI is InChI=1S/C16H20N2O2/c1-3-20-15-8-11-6-7-17-16(18-13-4-5-13)10-12(11)9-14(15)19-2/h6-9,13H,3-5,10H2,1-2H3,(H,17,18). The van der Waals surface area contributed by atoms with Gasteiger partial charge in [-0.15, -0.1) is 0 Å². The number of ether oxygens (including phenoxy) is 2. The fourth-order valence-corrected chi connectivity index (χ4v) is 2.32. The molecule has 1 aromatic carbocycles. The van der Waals surface area contributed by atoms with E-state index in [9.17, 15) is 0 Å². The Hall–Kier alpha value is -1.97. The van der Waals surface area contributed by atoms with Crippen LogP contribution in [0.2, 0.25) is 0 Å². The quantitative estimate of drug-likeness (QED) is 0.916. The molecule has 1 aliphatic carbocycles. The SMILES string of the molecule is CCOc1cc2c(cc1OC)CC(=NC1CC1)NC=C2. The van der Waals surface area contributed by atoms with Crippen molar-refractivity contribution in [2.45, 2.75) is 32.2 Å². The van der Waals surface area contributed by atoms with Crippen LogP contribution in [0.1, 0.15) is 30.9 Å². The summed E-state index contributed by atoms with van der Waals surface area (Å²) >= 11 is 0. The number of nitrogens with one attached hydrogen (secondary N) is 1. The van der Waals surface area contributed by atoms with E-state index in [0.717, 1.165) is 29.3 Å². The van der Waals surface area contributed by atoms with Gasteiger partial charge in [0.15, 0.2) is 11.5 Å². The first-order chi connectivity index (χ1) is 9.80. The smallest absolute Gasteiger partial charge is 0.161 e. The first kappa shape index (κ1) is 13.0. The predicted octanol–water partition coefficient (Wildman–Crippen LogP) is 2.77. The fourth-order valence-electron chi connectivity index (χ4n) is 2.32. The summed E-state index contributed by atoms with van der Waals surface area (Å²) in [5, 5.41) is 3.28. The molecule has 20 heavy (non-hydrogen) atoms. The highest BCUT2D eigenvalue weighted by molar-refractivity contribution is 5.88. The van der Waals surface area contributed by atoms with Gasteiger partial charge in [-0.3, -0.25) is 4.99 Å². The lowest BCUT2D eigenvalue weighted by atomic mass is 10.0. The first-order valence-electron chi connectivity index (χ1n) is 7.13. The molecule has 0 amide bonds. The molecule has 4 heteroatoms. The zero-order chi connectivity index (χ0) is 13.9. The van der Waals surface area contributed by atoms with Crippen molar-refractivity contribution in [2.75, 3.05) is 13.7 Å². The normalized spacial score (nSPS) is 19.2. The van der Waals surface area contributed by atoms with E-state index in [4.69, 9.17) is 14.5 Å². The Morgan fingerprint density at radius 2 is 2.15 bits per heavy atom. The molecule has 1 N–H and O–H groups in total. The molecule has 1 aromatic rings. The van der Waals surface area contributed by atoms with Crippen molar-refractivity contribution in [1.29, 1.82) is 0 Å². The number of hydrogen-bond acceptors (Lipinski definition) is 3. The Kier molecular flexibility index (Phi) is 3.63. The number of fused-ring (bicyclic) bond motifs is 1. The maximum absolute atomic E-state index is 5.63. The molecule has 3 rings (SSSR count). The molecule has 1 fully saturated rings. The molecule has 4 nitrogen and oxygen atoms in total. The molecule has 0 unspecified atom stereocenters. The molecule has 0 spiro atoms. The number of nitrogens with zero attached hydrogens (tertiary/aromatic N) is 1. The second-order valence-electron chi connectivity index (χ2n) is 5.10. The third-order valence-corrected chi connectivity index (χ3v) is 3.48. The van der Waals surface area contributed by atoms with E-state index in [1.54, 1.807) is 7.11 Å². The molecule has 0 radical (unpaired) electrons. The Morgan fingerprint density at radius 3 is 2.85 bits per heavy atom. The summed E-state index contributed by atoms with van der Waals surface area (Å²) in [5.41, 5.74) is 2.37. The van der Waals surface area contributed by atoms with E-state index in [2.05, 4.69) is 17.5 Å². The minimum absolute atomic E-state index is 0.525. The van der Waals surface area contributed by atoms with E-state index >= 15 is 0 Å². The molecule has 2 aliphatic rings. The van der Waals surface area contributed by atoms with Gasteiger partial charge < -0.3 is 14.8 Å². The maximum atomic E-state index is 5.63. The summed E-state index contributed by atoms with van der Waals surface area (Å²) in [6.45, 7) is 2.61. The van der Waals surface area contributed by atoms with E-state index < -0.39 is 0 Å². The molecular formula is C16H20N2O2. The van der Waals surface area contributed by atoms with Crippen LogP contribution in [0, 0.1) is 0 Å². The molecule has 0 bridgehead atoms. The molecule has 0 saturated heterocycles. The van der Waals surface area contributed by atoms with Crippen LogP contribution in [-0.4, -0.2) is 25.6 Å². The van der Waals surface area contributed by atoms with Gasteiger partial charge in [-0.1, -0.05) is 0 Å². The van der Waals surface area contributed by atoms with Gasteiger partial charge in [0.1, 0.15) is 5.84 Å². The van der Waals surface area contributed by atoms with Crippen LogP contribution in [0.25, 0.3) is 6.08 Å². The lowest BCUT2D eigenvalue weighted by Crippen LogP contribution is -2.19. The Morgan fingerprint density at radius 1 is 1.30 bits per heavy atom. The van der Waals surface area contributed by atoms with Crippen LogP contribution in [0.15, 0.2) is 23.3 Å². The zero-order valence-corrected chi connectivity index (χ0v) is 12.0. The Bertz CT molecular complexity index is 560. The number of aliphatic imine (C=N–C) groups is 1. The van der Waals surface area contributed by atoms with Crippen LogP contribution in [0.3, 0.4) is 0 Å². The van der Waals surface area contributed by atoms with Crippen molar-refractivity contribution in [3.8, 4) is 11.5 Å². The van der Waals surface area contributed by atoms with Gasteiger partial charge in [-0.05, 0) is 49.1 Å². The molecule has 106 valence electrons. The minimum Gasteiger partial charge on any atom is -0.493 e. The zero-order valence-electron chi connectivity index (χ0n) is 12.0. The lowest BCUT2D eigenvalue weighted by molar-refractivity contribution is 0.310. The fraction of sp³-hybridized carbons (Fsp3) is 0.438. The van der Waals surface area contributed by atoms with E-state index in [-0.39, 0.29) is 0 Å². The van der Waals surface area contributed by atoms with Crippen molar-refractivity contribution in [3.63, 3.8) is 0 Å². The van der Waals surface area contributed by atoms with Gasteiger partial charge in [0.25, 0.3) is 0 Å². The second kappa shape index (κ2) is 5.57. The van der Waals surface area contributed by atoms with Crippen molar-refractivity contribution in [3.05, 3.63) is 29.5 Å². The van der Waals surface area contributed by atoms with Gasteiger partial charge in [0.05, 0.1) is 19.8 Å². The molecule has 0 aromatic heterocycles. The van der Waals surface area contributed by atoms with Crippen molar-refractivity contribution in [1.82, 2.24) is 5.32 Å². The van der Waals surface area contributed by atoms with Crippen LogP contribution >= 0.6 is 0 Å². The van der Waals surface area contributed by atoms with Gasteiger partial charge >= 0.3 is 0 Å². The summed E-state index contributed by atoms with van der Waals surface area (Å²) in [5.74, 6) is 2.61. The summed E-state index contributed by atoms with van der Waals surface area (Å²) in [6, 6.07) is 4.62.